The van der Waals surface area contributed by atoms with Crippen LogP contribution in [-0.2, 0) is 0 Å². The van der Waals surface area contributed by atoms with Gasteiger partial charge in [0.15, 0.2) is 5.78 Å². The number of alkyl halides is 1. The number of aromatic nitrogens is 1. The molecule has 0 atom stereocenters. The zero-order chi connectivity index (χ0) is 11.6. The number of ketones is 1. The third-order valence-electron chi connectivity index (χ3n) is 1.93. The number of amides is 1. The highest BCUT2D eigenvalue weighted by molar-refractivity contribution is 6.30. The Bertz CT molecular complexity index is 479. The number of pyridine rings is 1. The van der Waals surface area contributed by atoms with Gasteiger partial charge in [-0.15, -0.1) is 11.6 Å². The molecule has 15 heavy (non-hydrogen) atoms. The van der Waals surface area contributed by atoms with Crippen LogP contribution in [0.5, 0.6) is 0 Å². The molecule has 6 heteroatoms. The second-order valence-electron chi connectivity index (χ2n) is 2.97. The molecule has 1 aromatic heterocycles. The number of Topliss-reactive ketones (excluding diaryl/α,β-unsaturated/α-hetero) is 1. The van der Waals surface area contributed by atoms with Crippen molar-refractivity contribution in [3.8, 4) is 0 Å². The monoisotopic (exact) mass is 228 g/mol. The maximum atomic E-state index is 11.3. The smallest absolute Gasteiger partial charge is 0.261 e. The van der Waals surface area contributed by atoms with Crippen LogP contribution in [-0.4, -0.2) is 22.6 Å². The van der Waals surface area contributed by atoms with Gasteiger partial charge in [0.1, 0.15) is 5.56 Å². The van der Waals surface area contributed by atoms with Gasteiger partial charge in [-0.1, -0.05) is 0 Å². The van der Waals surface area contributed by atoms with Crippen LogP contribution in [0.1, 0.15) is 26.4 Å². The number of carbonyl (C=O) groups excluding carboxylic acids is 2. The topological polar surface area (TPSA) is 93.0 Å². The standard InChI is InChI=1S/C9H9ClN2O3/c1-4-5(7(13)3-10)2-6(8(11)14)9(15)12-4/h2H,3H2,1H3,(H2,11,14)(H,12,15). The predicted molar refractivity (Wildman–Crippen MR) is 55.4 cm³/mol. The Balaban J connectivity index is 3.43. The van der Waals surface area contributed by atoms with E-state index >= 15 is 0 Å². The molecule has 0 radical (unpaired) electrons. The Kier molecular flexibility index (Phi) is 3.26. The van der Waals surface area contributed by atoms with Crippen molar-refractivity contribution < 1.29 is 9.59 Å². The number of H-pyrrole nitrogens is 1. The molecule has 80 valence electrons. The third kappa shape index (κ3) is 2.24. The first kappa shape index (κ1) is 11.5. The van der Waals surface area contributed by atoms with Crippen LogP contribution in [0.4, 0.5) is 0 Å². The zero-order valence-corrected chi connectivity index (χ0v) is 8.72. The molecule has 0 spiro atoms. The summed E-state index contributed by atoms with van der Waals surface area (Å²) in [6, 6.07) is 1.17. The predicted octanol–water partition coefficient (Wildman–Crippen LogP) is 0.204. The summed E-state index contributed by atoms with van der Waals surface area (Å²) < 4.78 is 0. The van der Waals surface area contributed by atoms with Gasteiger partial charge < -0.3 is 10.7 Å². The van der Waals surface area contributed by atoms with E-state index < -0.39 is 11.5 Å². The second-order valence-corrected chi connectivity index (χ2v) is 3.24. The normalized spacial score (nSPS) is 10.0. The lowest BCUT2D eigenvalue weighted by molar-refractivity contribution is 0.0999. The minimum Gasteiger partial charge on any atom is -0.365 e. The van der Waals surface area contributed by atoms with Crippen molar-refractivity contribution in [1.29, 1.82) is 0 Å². The Morgan fingerprint density at radius 3 is 2.53 bits per heavy atom. The van der Waals surface area contributed by atoms with Crippen molar-refractivity contribution in [1.82, 2.24) is 4.98 Å². The maximum absolute atomic E-state index is 11.3. The van der Waals surface area contributed by atoms with Crippen LogP contribution in [0.15, 0.2) is 10.9 Å². The summed E-state index contributed by atoms with van der Waals surface area (Å²) in [6.45, 7) is 1.55. The largest absolute Gasteiger partial charge is 0.365 e. The van der Waals surface area contributed by atoms with Crippen LogP contribution in [0.25, 0.3) is 0 Å². The molecule has 0 saturated carbocycles. The van der Waals surface area contributed by atoms with E-state index in [0.29, 0.717) is 5.69 Å². The number of carbonyl (C=O) groups is 2. The fraction of sp³-hybridized carbons (Fsp3) is 0.222. The van der Waals surface area contributed by atoms with Crippen molar-refractivity contribution in [2.75, 3.05) is 5.88 Å². The first-order valence-corrected chi connectivity index (χ1v) is 4.63. The number of halogens is 1. The van der Waals surface area contributed by atoms with E-state index in [1.807, 2.05) is 0 Å². The van der Waals surface area contributed by atoms with Crippen LogP contribution in [0.3, 0.4) is 0 Å². The van der Waals surface area contributed by atoms with Gasteiger partial charge in [-0.2, -0.15) is 0 Å². The lowest BCUT2D eigenvalue weighted by atomic mass is 10.1. The molecular formula is C9H9ClN2O3. The Morgan fingerprint density at radius 1 is 1.47 bits per heavy atom. The number of hydrogen-bond donors (Lipinski definition) is 2. The van der Waals surface area contributed by atoms with Gasteiger partial charge in [-0.25, -0.2) is 0 Å². The first-order chi connectivity index (χ1) is 6.97. The minimum absolute atomic E-state index is 0.207. The van der Waals surface area contributed by atoms with Crippen LogP contribution < -0.4 is 11.3 Å². The van der Waals surface area contributed by atoms with Crippen LogP contribution in [0, 0.1) is 6.92 Å². The average Bonchev–Trinajstić information content (AvgIpc) is 2.16. The molecule has 0 bridgehead atoms. The molecule has 1 aromatic rings. The quantitative estimate of drug-likeness (QED) is 0.572. The Labute approximate surface area is 90.2 Å². The molecule has 1 heterocycles. The lowest BCUT2D eigenvalue weighted by Gasteiger charge is -2.03. The van der Waals surface area contributed by atoms with Crippen molar-refractivity contribution in [3.05, 3.63) is 33.2 Å². The van der Waals surface area contributed by atoms with E-state index in [-0.39, 0.29) is 22.8 Å². The SMILES string of the molecule is Cc1[nH]c(=O)c(C(N)=O)cc1C(=O)CCl. The number of primary amides is 1. The number of nitrogens with two attached hydrogens (primary N) is 1. The molecular weight excluding hydrogens is 220 g/mol. The van der Waals surface area contributed by atoms with E-state index in [0.717, 1.165) is 0 Å². The molecule has 5 nitrogen and oxygen atoms in total. The summed E-state index contributed by atoms with van der Waals surface area (Å²) in [6.07, 6.45) is 0. The Hall–Kier alpha value is -1.62. The summed E-state index contributed by atoms with van der Waals surface area (Å²) in [5.74, 6) is -1.46. The van der Waals surface area contributed by atoms with Crippen molar-refractivity contribution in [2.24, 2.45) is 5.73 Å². The van der Waals surface area contributed by atoms with Gasteiger partial charge in [0.2, 0.25) is 0 Å². The van der Waals surface area contributed by atoms with Gasteiger partial charge in [-0.05, 0) is 13.0 Å². The third-order valence-corrected chi connectivity index (χ3v) is 2.17. The van der Waals surface area contributed by atoms with Gasteiger partial charge in [0.25, 0.3) is 11.5 Å². The summed E-state index contributed by atoms with van der Waals surface area (Å²) >= 11 is 5.37. The lowest BCUT2D eigenvalue weighted by Crippen LogP contribution is -2.25. The van der Waals surface area contributed by atoms with E-state index in [2.05, 4.69) is 4.98 Å². The molecule has 0 saturated heterocycles. The van der Waals surface area contributed by atoms with Crippen molar-refractivity contribution in [3.63, 3.8) is 0 Å². The molecule has 0 aliphatic carbocycles. The summed E-state index contributed by atoms with van der Waals surface area (Å²) in [7, 11) is 0. The van der Waals surface area contributed by atoms with E-state index in [9.17, 15) is 14.4 Å². The molecule has 3 N–H and O–H groups in total. The number of aryl methyl sites for hydroxylation is 1. The van der Waals surface area contributed by atoms with Crippen molar-refractivity contribution in [2.45, 2.75) is 6.92 Å². The number of hydrogen-bond acceptors (Lipinski definition) is 3. The highest BCUT2D eigenvalue weighted by Gasteiger charge is 2.14. The molecule has 1 amide bonds. The molecule has 0 unspecified atom stereocenters. The molecule has 0 aromatic carbocycles. The molecule has 1 rings (SSSR count). The zero-order valence-electron chi connectivity index (χ0n) is 7.96. The van der Waals surface area contributed by atoms with Crippen molar-refractivity contribution >= 4 is 23.3 Å². The molecule has 0 fully saturated rings. The van der Waals surface area contributed by atoms with E-state index in [1.165, 1.54) is 6.07 Å². The highest BCUT2D eigenvalue weighted by atomic mass is 35.5. The summed E-state index contributed by atoms with van der Waals surface area (Å²) in [4.78, 5) is 35.8. The molecule has 0 aliphatic heterocycles. The van der Waals surface area contributed by atoms with Gasteiger partial charge in [0.05, 0.1) is 5.88 Å². The fourth-order valence-corrected chi connectivity index (χ4v) is 1.31. The number of nitrogens with one attached hydrogen (secondary N) is 1. The summed E-state index contributed by atoms with van der Waals surface area (Å²) in [5, 5.41) is 0. The van der Waals surface area contributed by atoms with Crippen LogP contribution >= 0.6 is 11.6 Å². The Morgan fingerprint density at radius 2 is 2.07 bits per heavy atom. The minimum atomic E-state index is -0.875. The van der Waals surface area contributed by atoms with Gasteiger partial charge >= 0.3 is 0 Å². The average molecular weight is 229 g/mol. The van der Waals surface area contributed by atoms with Gasteiger partial charge in [-0.3, -0.25) is 14.4 Å². The number of rotatable bonds is 3. The van der Waals surface area contributed by atoms with E-state index in [4.69, 9.17) is 17.3 Å². The highest BCUT2D eigenvalue weighted by Crippen LogP contribution is 2.06. The van der Waals surface area contributed by atoms with Crippen LogP contribution in [0.2, 0.25) is 0 Å². The fourth-order valence-electron chi connectivity index (χ4n) is 1.17. The number of aromatic amines is 1. The molecule has 0 aliphatic rings. The van der Waals surface area contributed by atoms with Gasteiger partial charge in [0, 0.05) is 11.3 Å². The second kappa shape index (κ2) is 4.27. The van der Waals surface area contributed by atoms with E-state index in [1.54, 1.807) is 6.92 Å². The first-order valence-electron chi connectivity index (χ1n) is 4.10. The maximum Gasteiger partial charge on any atom is 0.261 e. The summed E-state index contributed by atoms with van der Waals surface area (Å²) in [5.41, 5.74) is 4.70.